The predicted molar refractivity (Wildman–Crippen MR) is 93.5 cm³/mol. The van der Waals surface area contributed by atoms with Gasteiger partial charge in [0.1, 0.15) is 5.69 Å². The Labute approximate surface area is 142 Å². The fraction of sp³-hybridized carbons (Fsp3) is 0.421. The summed E-state index contributed by atoms with van der Waals surface area (Å²) in [6.45, 7) is 4.71. The maximum Gasteiger partial charge on any atom is 0.272 e. The van der Waals surface area contributed by atoms with Gasteiger partial charge in [0.2, 0.25) is 5.95 Å². The summed E-state index contributed by atoms with van der Waals surface area (Å²) in [7, 11) is 0. The second kappa shape index (κ2) is 6.23. The predicted octanol–water partition coefficient (Wildman–Crippen LogP) is 3.04. The SMILES string of the molecule is CC1CCCN(C(=O)c2ccnc(N3CCc4ccccc43)n2)C1. The summed E-state index contributed by atoms with van der Waals surface area (Å²) in [6.07, 6.45) is 4.96. The van der Waals surface area contributed by atoms with Gasteiger partial charge in [-0.3, -0.25) is 4.79 Å². The molecule has 1 saturated heterocycles. The molecule has 0 saturated carbocycles. The van der Waals surface area contributed by atoms with E-state index in [9.17, 15) is 4.79 Å². The lowest BCUT2D eigenvalue weighted by molar-refractivity contribution is 0.0677. The Morgan fingerprint density at radius 1 is 1.21 bits per heavy atom. The smallest absolute Gasteiger partial charge is 0.272 e. The molecule has 0 N–H and O–H groups in total. The Bertz CT molecular complexity index is 761. The first-order valence-electron chi connectivity index (χ1n) is 8.70. The van der Waals surface area contributed by atoms with Gasteiger partial charge in [-0.25, -0.2) is 9.97 Å². The second-order valence-electron chi connectivity index (χ2n) is 6.77. The van der Waals surface area contributed by atoms with E-state index in [1.54, 1.807) is 12.3 Å². The highest BCUT2D eigenvalue weighted by atomic mass is 16.2. The van der Waals surface area contributed by atoms with Crippen molar-refractivity contribution in [3.8, 4) is 0 Å². The van der Waals surface area contributed by atoms with Crippen LogP contribution in [0.1, 0.15) is 35.8 Å². The van der Waals surface area contributed by atoms with E-state index in [2.05, 4.69) is 40.0 Å². The molecule has 2 aliphatic heterocycles. The van der Waals surface area contributed by atoms with Crippen molar-refractivity contribution in [2.45, 2.75) is 26.2 Å². The van der Waals surface area contributed by atoms with E-state index in [-0.39, 0.29) is 5.91 Å². The summed E-state index contributed by atoms with van der Waals surface area (Å²) in [5.74, 6) is 1.21. The molecule has 5 nitrogen and oxygen atoms in total. The van der Waals surface area contributed by atoms with Crippen molar-refractivity contribution in [1.82, 2.24) is 14.9 Å². The fourth-order valence-corrected chi connectivity index (χ4v) is 3.68. The van der Waals surface area contributed by atoms with Crippen LogP contribution in [0.5, 0.6) is 0 Å². The van der Waals surface area contributed by atoms with Crippen molar-refractivity contribution in [3.63, 3.8) is 0 Å². The Morgan fingerprint density at radius 3 is 2.96 bits per heavy atom. The number of piperidine rings is 1. The molecule has 124 valence electrons. The molecule has 0 aliphatic carbocycles. The zero-order valence-electron chi connectivity index (χ0n) is 14.0. The Kier molecular flexibility index (Phi) is 3.92. The highest BCUT2D eigenvalue weighted by Crippen LogP contribution is 2.32. The van der Waals surface area contributed by atoms with E-state index in [0.717, 1.165) is 38.2 Å². The van der Waals surface area contributed by atoms with Gasteiger partial charge >= 0.3 is 0 Å². The third-order valence-electron chi connectivity index (χ3n) is 4.93. The number of fused-ring (bicyclic) bond motifs is 1. The van der Waals surface area contributed by atoms with E-state index in [1.807, 2.05) is 11.0 Å². The number of carbonyl (C=O) groups excluding carboxylic acids is 1. The third kappa shape index (κ3) is 2.75. The van der Waals surface area contributed by atoms with Crippen LogP contribution in [0.3, 0.4) is 0 Å². The number of aromatic nitrogens is 2. The number of hydrogen-bond donors (Lipinski definition) is 0. The van der Waals surface area contributed by atoms with Crippen molar-refractivity contribution < 1.29 is 4.79 Å². The lowest BCUT2D eigenvalue weighted by Gasteiger charge is -2.30. The minimum Gasteiger partial charge on any atom is -0.337 e. The number of likely N-dealkylation sites (tertiary alicyclic amines) is 1. The molecule has 4 rings (SSSR count). The molecule has 5 heteroatoms. The highest BCUT2D eigenvalue weighted by Gasteiger charge is 2.25. The molecule has 3 heterocycles. The second-order valence-corrected chi connectivity index (χ2v) is 6.77. The minimum absolute atomic E-state index is 0.0256. The maximum atomic E-state index is 12.8. The van der Waals surface area contributed by atoms with Gasteiger partial charge in [0.05, 0.1) is 0 Å². The number of anilines is 2. The van der Waals surface area contributed by atoms with E-state index in [4.69, 9.17) is 0 Å². The van der Waals surface area contributed by atoms with Crippen LogP contribution in [0.15, 0.2) is 36.5 Å². The fourth-order valence-electron chi connectivity index (χ4n) is 3.68. The first-order valence-corrected chi connectivity index (χ1v) is 8.70. The molecule has 1 fully saturated rings. The Morgan fingerprint density at radius 2 is 2.08 bits per heavy atom. The molecular formula is C19H22N4O. The van der Waals surface area contributed by atoms with Gasteiger partial charge in [-0.1, -0.05) is 25.1 Å². The molecule has 24 heavy (non-hydrogen) atoms. The Balaban J connectivity index is 1.59. The van der Waals surface area contributed by atoms with E-state index >= 15 is 0 Å². The third-order valence-corrected chi connectivity index (χ3v) is 4.93. The topological polar surface area (TPSA) is 49.3 Å². The summed E-state index contributed by atoms with van der Waals surface area (Å²) in [6, 6.07) is 10.0. The van der Waals surface area contributed by atoms with E-state index < -0.39 is 0 Å². The van der Waals surface area contributed by atoms with Gasteiger partial charge in [-0.2, -0.15) is 0 Å². The van der Waals surface area contributed by atoms with Crippen LogP contribution in [-0.4, -0.2) is 40.4 Å². The van der Waals surface area contributed by atoms with Crippen LogP contribution in [0, 0.1) is 5.92 Å². The number of nitrogens with zero attached hydrogens (tertiary/aromatic N) is 4. The summed E-state index contributed by atoms with van der Waals surface area (Å²) in [5.41, 5.74) is 2.95. The van der Waals surface area contributed by atoms with Crippen LogP contribution in [0.4, 0.5) is 11.6 Å². The number of rotatable bonds is 2. The van der Waals surface area contributed by atoms with Crippen molar-refractivity contribution in [1.29, 1.82) is 0 Å². The van der Waals surface area contributed by atoms with Gasteiger partial charge in [-0.15, -0.1) is 0 Å². The lowest BCUT2D eigenvalue weighted by atomic mass is 10.00. The summed E-state index contributed by atoms with van der Waals surface area (Å²) >= 11 is 0. The number of para-hydroxylation sites is 1. The molecule has 1 amide bonds. The maximum absolute atomic E-state index is 12.8. The van der Waals surface area contributed by atoms with E-state index in [1.165, 1.54) is 12.0 Å². The monoisotopic (exact) mass is 322 g/mol. The first kappa shape index (κ1) is 15.1. The van der Waals surface area contributed by atoms with Crippen molar-refractivity contribution in [2.24, 2.45) is 5.92 Å². The summed E-state index contributed by atoms with van der Waals surface area (Å²) in [5, 5.41) is 0. The number of carbonyl (C=O) groups is 1. The summed E-state index contributed by atoms with van der Waals surface area (Å²) < 4.78 is 0. The van der Waals surface area contributed by atoms with E-state index in [0.29, 0.717) is 17.6 Å². The Hall–Kier alpha value is -2.43. The van der Waals surface area contributed by atoms with Crippen molar-refractivity contribution in [2.75, 3.05) is 24.5 Å². The minimum atomic E-state index is 0.0256. The van der Waals surface area contributed by atoms with Gasteiger partial charge in [0, 0.05) is 31.5 Å². The van der Waals surface area contributed by atoms with Gasteiger partial charge in [-0.05, 0) is 42.9 Å². The van der Waals surface area contributed by atoms with Crippen LogP contribution < -0.4 is 4.90 Å². The number of hydrogen-bond acceptors (Lipinski definition) is 4. The molecular weight excluding hydrogens is 300 g/mol. The molecule has 1 unspecified atom stereocenters. The molecule has 1 aromatic carbocycles. The van der Waals surface area contributed by atoms with Crippen LogP contribution in [0.25, 0.3) is 0 Å². The van der Waals surface area contributed by atoms with Crippen LogP contribution in [0.2, 0.25) is 0 Å². The largest absolute Gasteiger partial charge is 0.337 e. The quantitative estimate of drug-likeness (QED) is 0.853. The zero-order valence-corrected chi connectivity index (χ0v) is 14.0. The lowest BCUT2D eigenvalue weighted by Crippen LogP contribution is -2.39. The average Bonchev–Trinajstić information content (AvgIpc) is 3.05. The van der Waals surface area contributed by atoms with Gasteiger partial charge in [0.15, 0.2) is 0 Å². The van der Waals surface area contributed by atoms with Crippen molar-refractivity contribution >= 4 is 17.5 Å². The van der Waals surface area contributed by atoms with Gasteiger partial charge in [0.25, 0.3) is 5.91 Å². The number of amides is 1. The van der Waals surface area contributed by atoms with Crippen LogP contribution >= 0.6 is 0 Å². The summed E-state index contributed by atoms with van der Waals surface area (Å²) in [4.78, 5) is 25.8. The molecule has 1 aromatic heterocycles. The standard InChI is InChI=1S/C19H22N4O/c1-14-5-4-11-22(13-14)18(24)16-8-10-20-19(21-16)23-12-9-15-6-2-3-7-17(15)23/h2-3,6-8,10,14H,4-5,9,11-13H2,1H3. The number of benzene rings is 1. The molecule has 1 atom stereocenters. The average molecular weight is 322 g/mol. The van der Waals surface area contributed by atoms with Crippen LogP contribution in [-0.2, 0) is 6.42 Å². The molecule has 0 spiro atoms. The molecule has 2 aromatic rings. The van der Waals surface area contributed by atoms with Crippen molar-refractivity contribution in [3.05, 3.63) is 47.8 Å². The molecule has 0 radical (unpaired) electrons. The van der Waals surface area contributed by atoms with Gasteiger partial charge < -0.3 is 9.80 Å². The molecule has 2 aliphatic rings. The molecule has 0 bridgehead atoms. The first-order chi connectivity index (χ1) is 11.7. The zero-order chi connectivity index (χ0) is 16.5. The highest BCUT2D eigenvalue weighted by molar-refractivity contribution is 5.92. The normalized spacial score (nSPS) is 20.1.